The Bertz CT molecular complexity index is 660. The van der Waals surface area contributed by atoms with Gasteiger partial charge in [-0.1, -0.05) is 13.8 Å². The van der Waals surface area contributed by atoms with E-state index in [-0.39, 0.29) is 17.3 Å². The van der Waals surface area contributed by atoms with Crippen LogP contribution in [0.4, 0.5) is 0 Å². The number of hydrogen-bond donors (Lipinski definition) is 1. The van der Waals surface area contributed by atoms with Gasteiger partial charge < -0.3 is 9.67 Å². The molecule has 0 aliphatic heterocycles. The lowest BCUT2D eigenvalue weighted by atomic mass is 10.1. The minimum Gasteiger partial charge on any atom is -0.481 e. The molecule has 1 aliphatic rings. The van der Waals surface area contributed by atoms with Crippen LogP contribution in [-0.2, 0) is 11.3 Å². The van der Waals surface area contributed by atoms with E-state index in [0.717, 1.165) is 23.5 Å². The smallest absolute Gasteiger partial charge is 0.307 e. The third-order valence-electron chi connectivity index (χ3n) is 4.22. The van der Waals surface area contributed by atoms with Gasteiger partial charge in [0, 0.05) is 18.7 Å². The number of nitrogens with zero attached hydrogens (tertiary/aromatic N) is 3. The summed E-state index contributed by atoms with van der Waals surface area (Å²) < 4.78 is 2.03. The highest BCUT2D eigenvalue weighted by Gasteiger charge is 2.64. The lowest BCUT2D eigenvalue weighted by Gasteiger charge is -2.06. The Morgan fingerprint density at radius 2 is 2.26 bits per heavy atom. The van der Waals surface area contributed by atoms with Crippen molar-refractivity contribution in [1.29, 1.82) is 0 Å². The number of aliphatic carboxylic acids is 1. The number of imidazole rings is 1. The fourth-order valence-corrected chi connectivity index (χ4v) is 3.11. The molecule has 0 aromatic carbocycles. The fourth-order valence-electron chi connectivity index (χ4n) is 3.11. The van der Waals surface area contributed by atoms with Crippen LogP contribution in [0.3, 0.4) is 0 Å². The van der Waals surface area contributed by atoms with Crippen LogP contribution in [0.15, 0.2) is 18.3 Å². The molecule has 3 rings (SSSR count). The van der Waals surface area contributed by atoms with Crippen molar-refractivity contribution < 1.29 is 9.90 Å². The van der Waals surface area contributed by atoms with Gasteiger partial charge in [0.25, 0.3) is 0 Å². The van der Waals surface area contributed by atoms with Gasteiger partial charge in [-0.15, -0.1) is 0 Å². The molecule has 0 radical (unpaired) electrons. The van der Waals surface area contributed by atoms with E-state index in [1.54, 1.807) is 6.20 Å². The Kier molecular flexibility index (Phi) is 2.42. The van der Waals surface area contributed by atoms with Crippen LogP contribution in [0.2, 0.25) is 0 Å². The molecular formula is C14H17N3O2. The molecule has 1 saturated carbocycles. The van der Waals surface area contributed by atoms with E-state index in [1.165, 1.54) is 0 Å². The normalized spacial score (nSPS) is 24.6. The molecule has 0 saturated heterocycles. The van der Waals surface area contributed by atoms with Crippen molar-refractivity contribution in [2.24, 2.45) is 11.3 Å². The van der Waals surface area contributed by atoms with Crippen molar-refractivity contribution in [3.05, 3.63) is 24.2 Å². The average Bonchev–Trinajstić information content (AvgIpc) is 2.78. The van der Waals surface area contributed by atoms with Gasteiger partial charge in [-0.05, 0) is 24.5 Å². The molecule has 100 valence electrons. The number of aryl methyl sites for hydroxylation is 1. The van der Waals surface area contributed by atoms with Crippen LogP contribution in [0.5, 0.6) is 0 Å². The molecule has 2 aromatic rings. The van der Waals surface area contributed by atoms with Gasteiger partial charge in [-0.3, -0.25) is 4.79 Å². The summed E-state index contributed by atoms with van der Waals surface area (Å²) >= 11 is 0. The molecule has 5 nitrogen and oxygen atoms in total. The molecule has 0 spiro atoms. The number of carboxylic acid groups (broad SMARTS) is 1. The van der Waals surface area contributed by atoms with Crippen molar-refractivity contribution in [1.82, 2.24) is 14.5 Å². The maximum atomic E-state index is 11.3. The maximum Gasteiger partial charge on any atom is 0.307 e. The molecule has 2 aromatic heterocycles. The van der Waals surface area contributed by atoms with Crippen LogP contribution in [-0.4, -0.2) is 25.6 Å². The van der Waals surface area contributed by atoms with Crippen molar-refractivity contribution in [3.8, 4) is 0 Å². The number of hydrogen-bond acceptors (Lipinski definition) is 3. The van der Waals surface area contributed by atoms with Crippen molar-refractivity contribution in [2.75, 3.05) is 0 Å². The van der Waals surface area contributed by atoms with Crippen LogP contribution >= 0.6 is 0 Å². The lowest BCUT2D eigenvalue weighted by Crippen LogP contribution is -2.05. The van der Waals surface area contributed by atoms with E-state index < -0.39 is 5.97 Å². The molecule has 2 atom stereocenters. The van der Waals surface area contributed by atoms with Crippen LogP contribution in [0.1, 0.15) is 32.5 Å². The summed E-state index contributed by atoms with van der Waals surface area (Å²) in [4.78, 5) is 20.3. The zero-order valence-electron chi connectivity index (χ0n) is 11.3. The molecule has 19 heavy (non-hydrogen) atoms. The number of pyridine rings is 1. The second-order valence-electron chi connectivity index (χ2n) is 5.68. The second-order valence-corrected chi connectivity index (χ2v) is 5.68. The topological polar surface area (TPSA) is 68.0 Å². The van der Waals surface area contributed by atoms with Gasteiger partial charge in [-0.2, -0.15) is 0 Å². The molecular weight excluding hydrogens is 242 g/mol. The van der Waals surface area contributed by atoms with E-state index in [0.29, 0.717) is 0 Å². The Morgan fingerprint density at radius 3 is 2.84 bits per heavy atom. The molecule has 1 aliphatic carbocycles. The van der Waals surface area contributed by atoms with Crippen molar-refractivity contribution in [2.45, 2.75) is 33.2 Å². The molecule has 5 heteroatoms. The summed E-state index contributed by atoms with van der Waals surface area (Å²) in [6, 6.07) is 3.77. The first kappa shape index (κ1) is 12.1. The van der Waals surface area contributed by atoms with Crippen LogP contribution < -0.4 is 0 Å². The molecule has 1 N–H and O–H groups in total. The van der Waals surface area contributed by atoms with E-state index in [9.17, 15) is 9.90 Å². The molecule has 1 fully saturated rings. The third-order valence-corrected chi connectivity index (χ3v) is 4.22. The van der Waals surface area contributed by atoms with E-state index in [2.05, 4.69) is 9.97 Å². The molecule has 2 unspecified atom stereocenters. The minimum absolute atomic E-state index is 0.0286. The summed E-state index contributed by atoms with van der Waals surface area (Å²) in [5.74, 6) is -0.264. The monoisotopic (exact) mass is 259 g/mol. The fraction of sp³-hybridized carbons (Fsp3) is 0.500. The number of rotatable bonds is 3. The van der Waals surface area contributed by atoms with Gasteiger partial charge in [0.05, 0.1) is 5.92 Å². The highest BCUT2D eigenvalue weighted by molar-refractivity contribution is 5.78. The molecule has 0 bridgehead atoms. The third kappa shape index (κ3) is 1.57. The Hall–Kier alpha value is -1.91. The summed E-state index contributed by atoms with van der Waals surface area (Å²) in [6.07, 6.45) is 1.74. The first-order valence-corrected chi connectivity index (χ1v) is 6.52. The summed E-state index contributed by atoms with van der Waals surface area (Å²) in [5.41, 5.74) is 1.44. The average molecular weight is 259 g/mol. The zero-order chi connectivity index (χ0) is 13.8. The quantitative estimate of drug-likeness (QED) is 0.918. The van der Waals surface area contributed by atoms with Gasteiger partial charge in [-0.25, -0.2) is 9.97 Å². The Balaban J connectivity index is 2.14. The first-order valence-electron chi connectivity index (χ1n) is 6.52. The predicted octanol–water partition coefficient (Wildman–Crippen LogP) is 2.28. The van der Waals surface area contributed by atoms with Gasteiger partial charge in [0.2, 0.25) is 0 Å². The number of aromatic nitrogens is 3. The lowest BCUT2D eigenvalue weighted by molar-refractivity contribution is -0.139. The largest absolute Gasteiger partial charge is 0.481 e. The number of carboxylic acids is 1. The van der Waals surface area contributed by atoms with Gasteiger partial charge >= 0.3 is 5.97 Å². The molecule has 0 amide bonds. The minimum atomic E-state index is -0.738. The standard InChI is InChI=1S/C14H17N3O2/c1-4-17-11-8(6-5-7-15-11)16-12(17)9-10(13(18)19)14(9,2)3/h5-7,9-10H,4H2,1-3H3,(H,18,19). The van der Waals surface area contributed by atoms with Crippen molar-refractivity contribution >= 4 is 17.1 Å². The summed E-state index contributed by atoms with van der Waals surface area (Å²) in [5, 5.41) is 9.31. The van der Waals surface area contributed by atoms with E-state index >= 15 is 0 Å². The van der Waals surface area contributed by atoms with Gasteiger partial charge in [0.15, 0.2) is 5.65 Å². The van der Waals surface area contributed by atoms with Crippen LogP contribution in [0, 0.1) is 11.3 Å². The zero-order valence-corrected chi connectivity index (χ0v) is 11.3. The van der Waals surface area contributed by atoms with Crippen molar-refractivity contribution in [3.63, 3.8) is 0 Å². The highest BCUT2D eigenvalue weighted by atomic mass is 16.4. The predicted molar refractivity (Wildman–Crippen MR) is 70.8 cm³/mol. The Labute approximate surface area is 111 Å². The second kappa shape index (κ2) is 3.79. The molecule has 2 heterocycles. The Morgan fingerprint density at radius 1 is 1.53 bits per heavy atom. The maximum absolute atomic E-state index is 11.3. The number of carbonyl (C=O) groups is 1. The first-order chi connectivity index (χ1) is 8.98. The van der Waals surface area contributed by atoms with E-state index in [1.807, 2.05) is 37.5 Å². The van der Waals surface area contributed by atoms with E-state index in [4.69, 9.17) is 0 Å². The van der Waals surface area contributed by atoms with Gasteiger partial charge in [0.1, 0.15) is 11.3 Å². The SMILES string of the molecule is CCn1c(C2C(C(=O)O)C2(C)C)nc2cccnc21. The summed E-state index contributed by atoms with van der Waals surface area (Å²) in [6.45, 7) is 6.76. The highest BCUT2D eigenvalue weighted by Crippen LogP contribution is 2.64. The van der Waals surface area contributed by atoms with Crippen LogP contribution in [0.25, 0.3) is 11.2 Å². The number of fused-ring (bicyclic) bond motifs is 1. The summed E-state index contributed by atoms with van der Waals surface area (Å²) in [7, 11) is 0.